The largest absolute Gasteiger partial charge is 0.396 e. The summed E-state index contributed by atoms with van der Waals surface area (Å²) in [5.74, 6) is 0.211. The molecular formula is C13H10Cl2FNS. The first-order chi connectivity index (χ1) is 8.56. The van der Waals surface area contributed by atoms with Gasteiger partial charge in [-0.1, -0.05) is 29.3 Å². The third kappa shape index (κ3) is 3.31. The van der Waals surface area contributed by atoms with Crippen LogP contribution in [0.25, 0.3) is 0 Å². The summed E-state index contributed by atoms with van der Waals surface area (Å²) in [6.45, 7) is 0. The van der Waals surface area contributed by atoms with Crippen LogP contribution >= 0.6 is 35.0 Å². The maximum Gasteiger partial charge on any atom is 0.146 e. The highest BCUT2D eigenvalue weighted by Gasteiger charge is 2.05. The summed E-state index contributed by atoms with van der Waals surface area (Å²) in [5, 5.41) is 1.27. The van der Waals surface area contributed by atoms with Crippen LogP contribution in [0.4, 0.5) is 10.1 Å². The third-order valence-electron chi connectivity index (χ3n) is 2.35. The maximum absolute atomic E-state index is 13.3. The lowest BCUT2D eigenvalue weighted by atomic mass is 10.2. The van der Waals surface area contributed by atoms with Gasteiger partial charge in [-0.25, -0.2) is 4.39 Å². The van der Waals surface area contributed by atoms with Gasteiger partial charge in [0.15, 0.2) is 0 Å². The van der Waals surface area contributed by atoms with E-state index in [0.29, 0.717) is 15.8 Å². The van der Waals surface area contributed by atoms with E-state index in [9.17, 15) is 4.39 Å². The lowest BCUT2D eigenvalue weighted by molar-refractivity contribution is 0.631. The highest BCUT2D eigenvalue weighted by molar-refractivity contribution is 7.98. The summed E-state index contributed by atoms with van der Waals surface area (Å²) in [4.78, 5) is 0.876. The molecule has 0 aliphatic heterocycles. The zero-order valence-corrected chi connectivity index (χ0v) is 11.6. The molecule has 0 heterocycles. The molecule has 0 atom stereocenters. The molecule has 0 aliphatic carbocycles. The highest BCUT2D eigenvalue weighted by Crippen LogP contribution is 2.32. The van der Waals surface area contributed by atoms with Crippen LogP contribution in [0.1, 0.15) is 5.56 Å². The molecule has 5 heteroatoms. The van der Waals surface area contributed by atoms with Crippen LogP contribution < -0.4 is 5.73 Å². The monoisotopic (exact) mass is 301 g/mol. The van der Waals surface area contributed by atoms with Crippen LogP contribution in [0, 0.1) is 5.82 Å². The van der Waals surface area contributed by atoms with Crippen molar-refractivity contribution in [2.24, 2.45) is 0 Å². The molecule has 0 amide bonds. The lowest BCUT2D eigenvalue weighted by Gasteiger charge is -2.06. The van der Waals surface area contributed by atoms with Gasteiger partial charge in [0.05, 0.1) is 10.7 Å². The highest BCUT2D eigenvalue weighted by atomic mass is 35.5. The molecule has 0 radical (unpaired) electrons. The molecular weight excluding hydrogens is 292 g/mol. The molecule has 94 valence electrons. The van der Waals surface area contributed by atoms with Crippen LogP contribution in [0.3, 0.4) is 0 Å². The van der Waals surface area contributed by atoms with Crippen LogP contribution in [0.5, 0.6) is 0 Å². The molecule has 18 heavy (non-hydrogen) atoms. The number of nitrogen functional groups attached to an aromatic ring is 1. The molecule has 0 fully saturated rings. The summed E-state index contributed by atoms with van der Waals surface area (Å²) in [5.41, 5.74) is 6.43. The summed E-state index contributed by atoms with van der Waals surface area (Å²) < 4.78 is 13.3. The maximum atomic E-state index is 13.3. The van der Waals surface area contributed by atoms with Gasteiger partial charge in [-0.15, -0.1) is 11.8 Å². The molecule has 0 saturated carbocycles. The number of anilines is 1. The molecule has 2 N–H and O–H groups in total. The number of halogens is 3. The summed E-state index contributed by atoms with van der Waals surface area (Å²) >= 11 is 13.4. The van der Waals surface area contributed by atoms with E-state index >= 15 is 0 Å². The molecule has 0 aliphatic rings. The van der Waals surface area contributed by atoms with E-state index in [1.165, 1.54) is 17.8 Å². The Hall–Kier alpha value is -0.900. The number of rotatable bonds is 3. The average Bonchev–Trinajstić information content (AvgIpc) is 2.34. The van der Waals surface area contributed by atoms with Crippen LogP contribution in [0.2, 0.25) is 10.0 Å². The Morgan fingerprint density at radius 1 is 1.11 bits per heavy atom. The van der Waals surface area contributed by atoms with Gasteiger partial charge < -0.3 is 5.73 Å². The Labute approximate surface area is 119 Å². The summed E-state index contributed by atoms with van der Waals surface area (Å²) in [6, 6.07) is 10.1. The topological polar surface area (TPSA) is 26.0 Å². The molecule has 1 nitrogen and oxygen atoms in total. The second-order valence-corrected chi connectivity index (χ2v) is 5.58. The van der Waals surface area contributed by atoms with Gasteiger partial charge in [0.2, 0.25) is 0 Å². The second-order valence-electron chi connectivity index (χ2n) is 3.72. The fraction of sp³-hybridized carbons (Fsp3) is 0.0769. The quantitative estimate of drug-likeness (QED) is 0.637. The van der Waals surface area contributed by atoms with Gasteiger partial charge in [-0.05, 0) is 35.9 Å². The first-order valence-electron chi connectivity index (χ1n) is 5.18. The normalized spacial score (nSPS) is 10.6. The molecule has 0 bridgehead atoms. The molecule has 2 aromatic carbocycles. The first kappa shape index (κ1) is 13.5. The predicted octanol–water partition coefficient (Wildman–Crippen LogP) is 5.01. The van der Waals surface area contributed by atoms with Crippen LogP contribution in [0.15, 0.2) is 41.3 Å². The van der Waals surface area contributed by atoms with Crippen molar-refractivity contribution in [1.29, 1.82) is 0 Å². The van der Waals surface area contributed by atoms with E-state index in [0.717, 1.165) is 10.5 Å². The van der Waals surface area contributed by atoms with E-state index in [2.05, 4.69) is 0 Å². The Kier molecular flexibility index (Phi) is 4.38. The van der Waals surface area contributed by atoms with E-state index < -0.39 is 5.82 Å². The lowest BCUT2D eigenvalue weighted by Crippen LogP contribution is -1.91. The Bertz CT molecular complexity index is 575. The van der Waals surface area contributed by atoms with Crippen molar-refractivity contribution in [2.45, 2.75) is 10.6 Å². The van der Waals surface area contributed by atoms with Crippen molar-refractivity contribution in [3.8, 4) is 0 Å². The third-order valence-corrected chi connectivity index (χ3v) is 4.16. The number of thioether (sulfide) groups is 1. The van der Waals surface area contributed by atoms with Gasteiger partial charge in [0.1, 0.15) is 5.82 Å². The molecule has 0 aromatic heterocycles. The van der Waals surface area contributed by atoms with Gasteiger partial charge in [-0.3, -0.25) is 0 Å². The summed E-state index contributed by atoms with van der Waals surface area (Å²) in [6.07, 6.45) is 0. The minimum atomic E-state index is -0.398. The SMILES string of the molecule is Nc1ccc(CSc2cc(Cl)ccc2Cl)cc1F. The van der Waals surface area contributed by atoms with Crippen LogP contribution in [-0.4, -0.2) is 0 Å². The predicted molar refractivity (Wildman–Crippen MR) is 76.8 cm³/mol. The summed E-state index contributed by atoms with van der Waals surface area (Å²) in [7, 11) is 0. The first-order valence-corrected chi connectivity index (χ1v) is 6.92. The van der Waals surface area contributed by atoms with E-state index in [1.54, 1.807) is 30.3 Å². The van der Waals surface area contributed by atoms with Gasteiger partial charge >= 0.3 is 0 Å². The number of benzene rings is 2. The van der Waals surface area contributed by atoms with E-state index in [-0.39, 0.29) is 5.69 Å². The molecule has 0 spiro atoms. The molecule has 0 unspecified atom stereocenters. The standard InChI is InChI=1S/C13H10Cl2FNS/c14-9-2-3-10(15)13(6-9)18-7-8-1-4-12(17)11(16)5-8/h1-6H,7,17H2. The molecule has 0 saturated heterocycles. The van der Waals surface area contributed by atoms with Gasteiger partial charge in [0, 0.05) is 15.7 Å². The number of hydrogen-bond donors (Lipinski definition) is 1. The smallest absolute Gasteiger partial charge is 0.146 e. The van der Waals surface area contributed by atoms with E-state index in [1.807, 2.05) is 0 Å². The molecule has 2 rings (SSSR count). The average molecular weight is 302 g/mol. The van der Waals surface area contributed by atoms with Crippen molar-refractivity contribution in [3.63, 3.8) is 0 Å². The van der Waals surface area contributed by atoms with Crippen molar-refractivity contribution in [2.75, 3.05) is 5.73 Å². The molecule has 2 aromatic rings. The fourth-order valence-corrected chi connectivity index (χ4v) is 2.85. The fourth-order valence-electron chi connectivity index (χ4n) is 1.41. The minimum absolute atomic E-state index is 0.157. The zero-order chi connectivity index (χ0) is 13.1. The van der Waals surface area contributed by atoms with Crippen molar-refractivity contribution in [3.05, 3.63) is 57.8 Å². The number of hydrogen-bond acceptors (Lipinski definition) is 2. The van der Waals surface area contributed by atoms with Crippen LogP contribution in [-0.2, 0) is 5.75 Å². The zero-order valence-electron chi connectivity index (χ0n) is 9.29. The number of nitrogens with two attached hydrogens (primary N) is 1. The van der Waals surface area contributed by atoms with Crippen molar-refractivity contribution < 1.29 is 4.39 Å². The Morgan fingerprint density at radius 2 is 1.89 bits per heavy atom. The van der Waals surface area contributed by atoms with Crippen molar-refractivity contribution in [1.82, 2.24) is 0 Å². The minimum Gasteiger partial charge on any atom is -0.396 e. The Balaban J connectivity index is 2.11. The van der Waals surface area contributed by atoms with Gasteiger partial charge in [-0.2, -0.15) is 0 Å². The second kappa shape index (κ2) is 5.83. The van der Waals surface area contributed by atoms with Crippen molar-refractivity contribution >= 4 is 40.7 Å². The van der Waals surface area contributed by atoms with E-state index in [4.69, 9.17) is 28.9 Å². The van der Waals surface area contributed by atoms with Gasteiger partial charge in [0.25, 0.3) is 0 Å². The Morgan fingerprint density at radius 3 is 2.61 bits per heavy atom.